The monoisotopic (exact) mass is 577 g/mol. The Hall–Kier alpha value is -6.18. The van der Waals surface area contributed by atoms with Gasteiger partial charge in [0.2, 0.25) is 0 Å². The molecular formula is C29H27N11O3. The van der Waals surface area contributed by atoms with E-state index in [9.17, 15) is 14.4 Å². The number of nitrogens with zero attached hydrogens (tertiary/aromatic N) is 6. The number of aryl methyl sites for hydroxylation is 2. The molecule has 6 N–H and O–H groups in total. The van der Waals surface area contributed by atoms with E-state index >= 15 is 0 Å². The molecule has 6 rings (SSSR count). The molecule has 43 heavy (non-hydrogen) atoms. The summed E-state index contributed by atoms with van der Waals surface area (Å²) in [4.78, 5) is 51.3. The van der Waals surface area contributed by atoms with Gasteiger partial charge in [0.15, 0.2) is 5.82 Å². The van der Waals surface area contributed by atoms with Crippen molar-refractivity contribution in [3.63, 3.8) is 0 Å². The van der Waals surface area contributed by atoms with Crippen molar-refractivity contribution in [2.75, 3.05) is 28.5 Å². The van der Waals surface area contributed by atoms with Gasteiger partial charge in [-0.3, -0.25) is 29.0 Å². The van der Waals surface area contributed by atoms with Gasteiger partial charge in [-0.05, 0) is 30.3 Å². The van der Waals surface area contributed by atoms with Crippen LogP contribution < -0.4 is 27.1 Å². The Labute approximate surface area is 244 Å². The number of imidazole rings is 1. The summed E-state index contributed by atoms with van der Waals surface area (Å²) in [6.07, 6.45) is 9.61. The number of hydrogen-bond acceptors (Lipinski definition) is 8. The van der Waals surface area contributed by atoms with Gasteiger partial charge in [0.25, 0.3) is 17.7 Å². The van der Waals surface area contributed by atoms with Gasteiger partial charge < -0.3 is 36.2 Å². The van der Waals surface area contributed by atoms with Crippen molar-refractivity contribution in [2.45, 2.75) is 0 Å². The normalized spacial score (nSPS) is 11.0. The molecule has 14 heteroatoms. The second-order valence-electron chi connectivity index (χ2n) is 9.77. The highest BCUT2D eigenvalue weighted by Crippen LogP contribution is 2.27. The second kappa shape index (κ2) is 11.0. The number of fused-ring (bicyclic) bond motifs is 3. The first kappa shape index (κ1) is 27.0. The number of carbonyl (C=O) groups excluding carboxylic acids is 3. The molecule has 5 aromatic heterocycles. The average Bonchev–Trinajstić information content (AvgIpc) is 3.70. The Morgan fingerprint density at radius 1 is 0.791 bits per heavy atom. The van der Waals surface area contributed by atoms with E-state index in [1.165, 1.54) is 18.5 Å². The second-order valence-corrected chi connectivity index (χ2v) is 9.77. The first-order valence-corrected chi connectivity index (χ1v) is 13.2. The molecule has 1 aromatic carbocycles. The summed E-state index contributed by atoms with van der Waals surface area (Å²) < 4.78 is 4.28. The van der Waals surface area contributed by atoms with E-state index in [4.69, 9.17) is 5.84 Å². The Kier molecular flexibility index (Phi) is 6.91. The van der Waals surface area contributed by atoms with Gasteiger partial charge in [0.05, 0.1) is 35.3 Å². The highest BCUT2D eigenvalue weighted by Gasteiger charge is 2.19. The number of nitrogens with two attached hydrogens (primary N) is 1. The van der Waals surface area contributed by atoms with Crippen LogP contribution in [-0.4, -0.2) is 53.2 Å². The smallest absolute Gasteiger partial charge is 0.291 e. The van der Waals surface area contributed by atoms with Crippen LogP contribution in [0.1, 0.15) is 31.6 Å². The predicted octanol–water partition coefficient (Wildman–Crippen LogP) is 2.67. The molecule has 0 radical (unpaired) electrons. The van der Waals surface area contributed by atoms with Crippen molar-refractivity contribution < 1.29 is 14.4 Å². The maximum atomic E-state index is 13.0. The van der Waals surface area contributed by atoms with Crippen LogP contribution in [0.15, 0.2) is 79.6 Å². The maximum absolute atomic E-state index is 13.0. The standard InChI is InChI=1S/C29H27N11O3/c1-38-11-10-33-26(38)29(43)37-19-13-23(40(30)15-19)28(42)36-18-12-22(39(2)14-18)27(41)35-16-34-21-7-9-32-25-20(21)6-5-17-4-3-8-31-24(17)25/h3-15H,16,30H2,1-2H3,(H,32,34)(H,35,41)(H,36,42)(H,37,43). The molecule has 216 valence electrons. The molecule has 0 saturated heterocycles. The molecule has 0 fully saturated rings. The molecule has 0 bridgehead atoms. The molecule has 0 aliphatic rings. The van der Waals surface area contributed by atoms with Crippen LogP contribution in [0, 0.1) is 0 Å². The minimum atomic E-state index is -0.522. The number of benzene rings is 1. The summed E-state index contributed by atoms with van der Waals surface area (Å²) in [5.41, 5.74) is 3.53. The van der Waals surface area contributed by atoms with Gasteiger partial charge in [0.1, 0.15) is 11.4 Å². The summed E-state index contributed by atoms with van der Waals surface area (Å²) in [6, 6.07) is 12.7. The summed E-state index contributed by atoms with van der Waals surface area (Å²) in [5.74, 6) is 4.87. The lowest BCUT2D eigenvalue weighted by Crippen LogP contribution is -2.30. The summed E-state index contributed by atoms with van der Waals surface area (Å²) in [7, 11) is 3.39. The molecule has 3 amide bonds. The summed E-state index contributed by atoms with van der Waals surface area (Å²) in [6.45, 7) is 0.151. The zero-order chi connectivity index (χ0) is 30.1. The van der Waals surface area contributed by atoms with Gasteiger partial charge in [0, 0.05) is 61.5 Å². The molecule has 0 aliphatic heterocycles. The first-order valence-electron chi connectivity index (χ1n) is 13.2. The third-order valence-electron chi connectivity index (χ3n) is 6.87. The Morgan fingerprint density at radius 2 is 1.56 bits per heavy atom. The number of carbonyl (C=O) groups is 3. The van der Waals surface area contributed by atoms with Crippen LogP contribution in [0.4, 0.5) is 17.1 Å². The number of pyridine rings is 2. The largest absolute Gasteiger partial charge is 0.367 e. The van der Waals surface area contributed by atoms with Gasteiger partial charge in [-0.15, -0.1) is 0 Å². The van der Waals surface area contributed by atoms with E-state index in [1.54, 1.807) is 54.1 Å². The minimum absolute atomic E-state index is 0.0988. The van der Waals surface area contributed by atoms with Crippen molar-refractivity contribution in [3.05, 3.63) is 96.9 Å². The van der Waals surface area contributed by atoms with Crippen LogP contribution in [0.3, 0.4) is 0 Å². The van der Waals surface area contributed by atoms with Crippen LogP contribution in [0.25, 0.3) is 21.8 Å². The van der Waals surface area contributed by atoms with E-state index in [0.29, 0.717) is 17.1 Å². The van der Waals surface area contributed by atoms with E-state index in [0.717, 1.165) is 32.2 Å². The topological polar surface area (TPSA) is 179 Å². The lowest BCUT2D eigenvalue weighted by atomic mass is 10.1. The van der Waals surface area contributed by atoms with Gasteiger partial charge >= 0.3 is 0 Å². The highest BCUT2D eigenvalue weighted by molar-refractivity contribution is 6.08. The average molecular weight is 578 g/mol. The zero-order valence-corrected chi connectivity index (χ0v) is 23.2. The summed E-state index contributed by atoms with van der Waals surface area (Å²) in [5, 5.41) is 13.4. The van der Waals surface area contributed by atoms with Crippen LogP contribution in [-0.2, 0) is 14.1 Å². The van der Waals surface area contributed by atoms with Crippen molar-refractivity contribution in [3.8, 4) is 0 Å². The zero-order valence-electron chi connectivity index (χ0n) is 23.2. The molecule has 0 saturated carbocycles. The number of hydrogen-bond donors (Lipinski definition) is 5. The maximum Gasteiger partial charge on any atom is 0.291 e. The SMILES string of the molecule is Cn1cc(NC(=O)c2cc(NC(=O)c3nccn3C)cn2N)cc1C(=O)NCNc1ccnc2c1ccc1cccnc12. The van der Waals surface area contributed by atoms with Crippen molar-refractivity contribution in [1.82, 2.24) is 34.1 Å². The summed E-state index contributed by atoms with van der Waals surface area (Å²) >= 11 is 0. The fourth-order valence-corrected chi connectivity index (χ4v) is 4.77. The first-order chi connectivity index (χ1) is 20.8. The lowest BCUT2D eigenvalue weighted by Gasteiger charge is -2.11. The number of anilines is 3. The van der Waals surface area contributed by atoms with Crippen LogP contribution in [0.5, 0.6) is 0 Å². The molecule has 5 heterocycles. The van der Waals surface area contributed by atoms with E-state index in [2.05, 4.69) is 36.2 Å². The molecule has 0 aliphatic carbocycles. The molecule has 0 spiro atoms. The lowest BCUT2D eigenvalue weighted by molar-refractivity contribution is 0.0946. The third kappa shape index (κ3) is 5.31. The van der Waals surface area contributed by atoms with Gasteiger partial charge in [-0.1, -0.05) is 12.1 Å². The number of nitrogen functional groups attached to an aromatic ring is 1. The molecule has 0 unspecified atom stereocenters. The van der Waals surface area contributed by atoms with Crippen molar-refractivity contribution >= 4 is 56.6 Å². The fraction of sp³-hybridized carbons (Fsp3) is 0.103. The Balaban J connectivity index is 1.09. The van der Waals surface area contributed by atoms with Gasteiger partial charge in [-0.2, -0.15) is 0 Å². The fourth-order valence-electron chi connectivity index (χ4n) is 4.77. The predicted molar refractivity (Wildman–Crippen MR) is 162 cm³/mol. The molecule has 14 nitrogen and oxygen atoms in total. The Bertz CT molecular complexity index is 2020. The molecular weight excluding hydrogens is 550 g/mol. The van der Waals surface area contributed by atoms with E-state index in [-0.39, 0.29) is 24.1 Å². The highest BCUT2D eigenvalue weighted by atomic mass is 16.2. The third-order valence-corrected chi connectivity index (χ3v) is 6.87. The van der Waals surface area contributed by atoms with Crippen LogP contribution >= 0.6 is 0 Å². The molecule has 6 aromatic rings. The number of aromatic nitrogens is 6. The minimum Gasteiger partial charge on any atom is -0.367 e. The molecule has 0 atom stereocenters. The van der Waals surface area contributed by atoms with E-state index < -0.39 is 11.8 Å². The van der Waals surface area contributed by atoms with Gasteiger partial charge in [-0.25, -0.2) is 4.98 Å². The van der Waals surface area contributed by atoms with Crippen molar-refractivity contribution in [2.24, 2.45) is 14.1 Å². The Morgan fingerprint density at radius 3 is 2.37 bits per heavy atom. The number of rotatable bonds is 8. The number of amides is 3. The van der Waals surface area contributed by atoms with E-state index in [1.807, 2.05) is 30.3 Å². The van der Waals surface area contributed by atoms with Crippen molar-refractivity contribution in [1.29, 1.82) is 0 Å². The van der Waals surface area contributed by atoms with Crippen LogP contribution in [0.2, 0.25) is 0 Å². The number of nitrogens with one attached hydrogen (secondary N) is 4. The quantitative estimate of drug-likeness (QED) is 0.104.